The zero-order valence-electron chi connectivity index (χ0n) is 10.6. The summed E-state index contributed by atoms with van der Waals surface area (Å²) in [5, 5.41) is 10.7. The van der Waals surface area contributed by atoms with E-state index in [1.807, 2.05) is 0 Å². The third-order valence-corrected chi connectivity index (χ3v) is 4.43. The van der Waals surface area contributed by atoms with Crippen LogP contribution in [-0.4, -0.2) is 49.6 Å². The van der Waals surface area contributed by atoms with Gasteiger partial charge in [0.15, 0.2) is 0 Å². The molecule has 0 aromatic carbocycles. The maximum atomic E-state index is 11.9. The lowest BCUT2D eigenvalue weighted by molar-refractivity contribution is 0.458. The Kier molecular flexibility index (Phi) is 6.47. The normalized spacial score (nSPS) is 11.9. The Morgan fingerprint density at radius 2 is 2.22 bits per heavy atom. The van der Waals surface area contributed by atoms with Gasteiger partial charge < -0.3 is 5.32 Å². The Morgan fingerprint density at radius 3 is 2.83 bits per heavy atom. The second-order valence-electron chi connectivity index (χ2n) is 3.78. The van der Waals surface area contributed by atoms with Gasteiger partial charge in [-0.1, -0.05) is 18.3 Å². The molecule has 1 aromatic rings. The summed E-state index contributed by atoms with van der Waals surface area (Å²) in [7, 11) is -1.97. The summed E-state index contributed by atoms with van der Waals surface area (Å²) in [6.07, 6.45) is 1.85. The van der Waals surface area contributed by atoms with Gasteiger partial charge in [-0.15, -0.1) is 10.2 Å². The second kappa shape index (κ2) is 7.62. The highest BCUT2D eigenvalue weighted by molar-refractivity contribution is 7.90. The minimum atomic E-state index is -3.51. The molecular formula is C9H19N5O2S2. The maximum Gasteiger partial charge on any atom is 0.303 e. The number of anilines is 1. The van der Waals surface area contributed by atoms with Crippen LogP contribution in [0.4, 0.5) is 5.13 Å². The largest absolute Gasteiger partial charge is 0.317 e. The van der Waals surface area contributed by atoms with Crippen LogP contribution in [0.25, 0.3) is 0 Å². The molecule has 0 unspecified atom stereocenters. The summed E-state index contributed by atoms with van der Waals surface area (Å²) in [5.41, 5.74) is 1.48. The van der Waals surface area contributed by atoms with E-state index in [1.54, 1.807) is 7.05 Å². The Balaban J connectivity index is 2.33. The van der Waals surface area contributed by atoms with Crippen LogP contribution >= 0.6 is 11.3 Å². The highest BCUT2D eigenvalue weighted by Gasteiger charge is 2.18. The van der Waals surface area contributed by atoms with Gasteiger partial charge in [-0.3, -0.25) is 0 Å². The molecule has 18 heavy (non-hydrogen) atoms. The van der Waals surface area contributed by atoms with Crippen molar-refractivity contribution in [3.05, 3.63) is 5.51 Å². The van der Waals surface area contributed by atoms with E-state index in [1.165, 1.54) is 9.82 Å². The van der Waals surface area contributed by atoms with E-state index in [2.05, 4.69) is 27.2 Å². The molecule has 1 aromatic heterocycles. The average molecular weight is 293 g/mol. The van der Waals surface area contributed by atoms with E-state index in [9.17, 15) is 8.42 Å². The summed E-state index contributed by atoms with van der Waals surface area (Å²) in [6, 6.07) is 0. The topological polar surface area (TPSA) is 87.2 Å². The first-order chi connectivity index (χ1) is 8.56. The van der Waals surface area contributed by atoms with Gasteiger partial charge in [0, 0.05) is 13.6 Å². The van der Waals surface area contributed by atoms with Crippen LogP contribution in [0, 0.1) is 0 Å². The Labute approximate surface area is 112 Å². The van der Waals surface area contributed by atoms with E-state index < -0.39 is 10.2 Å². The van der Waals surface area contributed by atoms with Crippen molar-refractivity contribution in [2.75, 3.05) is 31.4 Å². The maximum absolute atomic E-state index is 11.9. The van der Waals surface area contributed by atoms with Gasteiger partial charge in [0.25, 0.3) is 0 Å². The van der Waals surface area contributed by atoms with Gasteiger partial charge in [-0.25, -0.2) is 4.72 Å². The molecule has 0 atom stereocenters. The van der Waals surface area contributed by atoms with Gasteiger partial charge in [0.1, 0.15) is 5.51 Å². The van der Waals surface area contributed by atoms with E-state index >= 15 is 0 Å². The van der Waals surface area contributed by atoms with Crippen LogP contribution < -0.4 is 10.0 Å². The summed E-state index contributed by atoms with van der Waals surface area (Å²) >= 11 is 1.15. The predicted molar refractivity (Wildman–Crippen MR) is 72.9 cm³/mol. The zero-order valence-corrected chi connectivity index (χ0v) is 12.2. The summed E-state index contributed by atoms with van der Waals surface area (Å²) in [5.74, 6) is 0. The second-order valence-corrected chi connectivity index (χ2v) is 6.39. The third kappa shape index (κ3) is 5.25. The molecule has 0 radical (unpaired) electrons. The van der Waals surface area contributed by atoms with E-state index in [0.717, 1.165) is 37.3 Å². The van der Waals surface area contributed by atoms with Crippen LogP contribution in [0.5, 0.6) is 0 Å². The monoisotopic (exact) mass is 293 g/mol. The van der Waals surface area contributed by atoms with Crippen LogP contribution in [0.1, 0.15) is 19.8 Å². The molecule has 0 fully saturated rings. The number of aromatic nitrogens is 2. The molecule has 0 saturated heterocycles. The lowest BCUT2D eigenvalue weighted by Gasteiger charge is -2.16. The van der Waals surface area contributed by atoms with Gasteiger partial charge in [-0.05, 0) is 25.9 Å². The first kappa shape index (κ1) is 15.3. The minimum Gasteiger partial charge on any atom is -0.317 e. The predicted octanol–water partition coefficient (Wildman–Crippen LogP) is 0.516. The van der Waals surface area contributed by atoms with Crippen molar-refractivity contribution in [3.8, 4) is 0 Å². The summed E-state index contributed by atoms with van der Waals surface area (Å²) < 4.78 is 27.4. The molecule has 1 heterocycles. The molecule has 9 heteroatoms. The summed E-state index contributed by atoms with van der Waals surface area (Å²) in [4.78, 5) is 0. The van der Waals surface area contributed by atoms with Crippen molar-refractivity contribution in [2.24, 2.45) is 0 Å². The standard InChI is InChI=1S/C9H19N5O2S2/c1-3-5-10-6-4-7-14(2)18(15,16)13-9-12-11-8-17-9/h8,10H,3-7H2,1-2H3,(H,12,13). The van der Waals surface area contributed by atoms with Crippen LogP contribution in [0.2, 0.25) is 0 Å². The van der Waals surface area contributed by atoms with Crippen molar-refractivity contribution in [3.63, 3.8) is 0 Å². The lowest BCUT2D eigenvalue weighted by atomic mass is 10.4. The Bertz CT molecular complexity index is 420. The van der Waals surface area contributed by atoms with Crippen molar-refractivity contribution in [1.82, 2.24) is 19.8 Å². The fourth-order valence-electron chi connectivity index (χ4n) is 1.25. The van der Waals surface area contributed by atoms with Crippen molar-refractivity contribution in [1.29, 1.82) is 0 Å². The highest BCUT2D eigenvalue weighted by atomic mass is 32.2. The number of nitrogens with one attached hydrogen (secondary N) is 2. The lowest BCUT2D eigenvalue weighted by Crippen LogP contribution is -2.34. The number of nitrogens with zero attached hydrogens (tertiary/aromatic N) is 3. The van der Waals surface area contributed by atoms with E-state index in [-0.39, 0.29) is 5.13 Å². The quantitative estimate of drug-likeness (QED) is 0.648. The molecule has 0 bridgehead atoms. The van der Waals surface area contributed by atoms with Crippen molar-refractivity contribution < 1.29 is 8.42 Å². The fourth-order valence-corrected chi connectivity index (χ4v) is 2.84. The molecule has 7 nitrogen and oxygen atoms in total. The number of hydrogen-bond donors (Lipinski definition) is 2. The molecule has 0 aliphatic carbocycles. The molecule has 1 rings (SSSR count). The molecule has 2 N–H and O–H groups in total. The summed E-state index contributed by atoms with van der Waals surface area (Å²) in [6.45, 7) is 4.33. The van der Waals surface area contributed by atoms with Crippen molar-refractivity contribution >= 4 is 26.7 Å². The first-order valence-electron chi connectivity index (χ1n) is 5.77. The van der Waals surface area contributed by atoms with Gasteiger partial charge in [0.05, 0.1) is 0 Å². The molecular weight excluding hydrogens is 274 g/mol. The van der Waals surface area contributed by atoms with Crippen LogP contribution in [0.3, 0.4) is 0 Å². The van der Waals surface area contributed by atoms with Gasteiger partial charge in [-0.2, -0.15) is 12.7 Å². The molecule has 0 spiro atoms. The van der Waals surface area contributed by atoms with Crippen molar-refractivity contribution in [2.45, 2.75) is 19.8 Å². The van der Waals surface area contributed by atoms with Crippen LogP contribution in [-0.2, 0) is 10.2 Å². The number of rotatable bonds is 9. The zero-order chi connectivity index (χ0) is 13.4. The molecule has 0 aliphatic rings. The smallest absolute Gasteiger partial charge is 0.303 e. The Hall–Kier alpha value is -0.770. The third-order valence-electron chi connectivity index (χ3n) is 2.24. The average Bonchev–Trinajstić information content (AvgIpc) is 2.80. The fraction of sp³-hybridized carbons (Fsp3) is 0.778. The molecule has 104 valence electrons. The molecule has 0 amide bonds. The highest BCUT2D eigenvalue weighted by Crippen LogP contribution is 2.11. The Morgan fingerprint density at radius 1 is 1.44 bits per heavy atom. The number of hydrogen-bond acceptors (Lipinski definition) is 6. The molecule has 0 saturated carbocycles. The molecule has 0 aliphatic heterocycles. The van der Waals surface area contributed by atoms with Gasteiger partial charge >= 0.3 is 10.2 Å². The van der Waals surface area contributed by atoms with E-state index in [0.29, 0.717) is 6.54 Å². The van der Waals surface area contributed by atoms with Gasteiger partial charge in [0.2, 0.25) is 5.13 Å². The minimum absolute atomic E-state index is 0.283. The first-order valence-corrected chi connectivity index (χ1v) is 8.09. The van der Waals surface area contributed by atoms with Crippen LogP contribution in [0.15, 0.2) is 5.51 Å². The van der Waals surface area contributed by atoms with E-state index in [4.69, 9.17) is 0 Å². The SMILES string of the molecule is CCCNCCCN(C)S(=O)(=O)Nc1nncs1.